The van der Waals surface area contributed by atoms with Crippen LogP contribution in [0.5, 0.6) is 0 Å². The first-order valence-corrected chi connectivity index (χ1v) is 5.69. The van der Waals surface area contributed by atoms with Crippen LogP contribution >= 0.6 is 0 Å². The molecule has 94 valence electrons. The molecule has 0 aliphatic carbocycles. The fraction of sp³-hybridized carbons (Fsp3) is 0.385. The summed E-state index contributed by atoms with van der Waals surface area (Å²) < 4.78 is 10.0. The lowest BCUT2D eigenvalue weighted by Crippen LogP contribution is -2.45. The molecule has 0 aromatic heterocycles. The molecular formula is C13H14N2O3. The number of nitriles is 1. The van der Waals surface area contributed by atoms with E-state index in [1.54, 1.807) is 12.1 Å². The summed E-state index contributed by atoms with van der Waals surface area (Å²) in [7, 11) is 1.35. The summed E-state index contributed by atoms with van der Waals surface area (Å²) in [6.07, 6.45) is 0. The van der Waals surface area contributed by atoms with Crippen molar-refractivity contribution in [3.63, 3.8) is 0 Å². The summed E-state index contributed by atoms with van der Waals surface area (Å²) in [5.74, 6) is -0.395. The number of carbonyl (C=O) groups is 1. The van der Waals surface area contributed by atoms with E-state index in [9.17, 15) is 4.79 Å². The highest BCUT2D eigenvalue weighted by Gasteiger charge is 2.26. The molecule has 1 heterocycles. The molecule has 1 unspecified atom stereocenters. The lowest BCUT2D eigenvalue weighted by atomic mass is 10.1. The normalized spacial score (nSPS) is 19.1. The SMILES string of the molecule is COC(=O)c1ccccc1N1CCOCC1C#N. The van der Waals surface area contributed by atoms with Crippen LogP contribution < -0.4 is 4.90 Å². The molecule has 0 amide bonds. The first-order valence-electron chi connectivity index (χ1n) is 5.69. The van der Waals surface area contributed by atoms with Gasteiger partial charge in [-0.2, -0.15) is 5.26 Å². The maximum absolute atomic E-state index is 11.7. The second kappa shape index (κ2) is 5.52. The summed E-state index contributed by atoms with van der Waals surface area (Å²) in [5, 5.41) is 9.12. The molecule has 18 heavy (non-hydrogen) atoms. The fourth-order valence-corrected chi connectivity index (χ4v) is 2.01. The first-order chi connectivity index (χ1) is 8.77. The molecule has 1 saturated heterocycles. The first kappa shape index (κ1) is 12.4. The third-order valence-electron chi connectivity index (χ3n) is 2.90. The summed E-state index contributed by atoms with van der Waals surface area (Å²) in [6, 6.07) is 8.95. The van der Waals surface area contributed by atoms with Crippen LogP contribution in [0, 0.1) is 11.3 Å². The number of anilines is 1. The molecule has 1 aromatic carbocycles. The Labute approximate surface area is 106 Å². The van der Waals surface area contributed by atoms with E-state index >= 15 is 0 Å². The van der Waals surface area contributed by atoms with Gasteiger partial charge < -0.3 is 14.4 Å². The monoisotopic (exact) mass is 246 g/mol. The molecule has 5 nitrogen and oxygen atoms in total. The number of hydrogen-bond acceptors (Lipinski definition) is 5. The van der Waals surface area contributed by atoms with E-state index in [4.69, 9.17) is 14.7 Å². The summed E-state index contributed by atoms with van der Waals surface area (Å²) in [5.41, 5.74) is 1.20. The van der Waals surface area contributed by atoms with E-state index in [2.05, 4.69) is 6.07 Å². The molecule has 1 fully saturated rings. The van der Waals surface area contributed by atoms with Gasteiger partial charge in [0, 0.05) is 6.54 Å². The molecule has 2 rings (SSSR count). The topological polar surface area (TPSA) is 62.6 Å². The predicted octanol–water partition coefficient (Wildman–Crippen LogP) is 1.20. The summed E-state index contributed by atoms with van der Waals surface area (Å²) >= 11 is 0. The van der Waals surface area contributed by atoms with Crippen LogP contribution in [0.3, 0.4) is 0 Å². The molecule has 1 aliphatic rings. The second-order valence-corrected chi connectivity index (χ2v) is 3.92. The van der Waals surface area contributed by atoms with Crippen molar-refractivity contribution in [2.45, 2.75) is 6.04 Å². The van der Waals surface area contributed by atoms with Crippen molar-refractivity contribution in [1.82, 2.24) is 0 Å². The molecule has 0 bridgehead atoms. The smallest absolute Gasteiger partial charge is 0.339 e. The molecular weight excluding hydrogens is 232 g/mol. The van der Waals surface area contributed by atoms with Crippen LogP contribution in [0.4, 0.5) is 5.69 Å². The van der Waals surface area contributed by atoms with E-state index in [-0.39, 0.29) is 6.04 Å². The van der Waals surface area contributed by atoms with E-state index < -0.39 is 5.97 Å². The number of para-hydroxylation sites is 1. The molecule has 1 atom stereocenters. The van der Waals surface area contributed by atoms with E-state index in [1.807, 2.05) is 17.0 Å². The molecule has 0 saturated carbocycles. The molecule has 1 aromatic rings. The highest BCUT2D eigenvalue weighted by atomic mass is 16.5. The van der Waals surface area contributed by atoms with Crippen molar-refractivity contribution in [3.8, 4) is 6.07 Å². The van der Waals surface area contributed by atoms with Gasteiger partial charge in [-0.3, -0.25) is 0 Å². The van der Waals surface area contributed by atoms with Crippen molar-refractivity contribution < 1.29 is 14.3 Å². The van der Waals surface area contributed by atoms with Gasteiger partial charge >= 0.3 is 5.97 Å². The van der Waals surface area contributed by atoms with Crippen molar-refractivity contribution >= 4 is 11.7 Å². The Bertz CT molecular complexity index is 481. The largest absolute Gasteiger partial charge is 0.465 e. The van der Waals surface area contributed by atoms with Gasteiger partial charge in [-0.05, 0) is 12.1 Å². The molecule has 5 heteroatoms. The van der Waals surface area contributed by atoms with Crippen molar-refractivity contribution in [3.05, 3.63) is 29.8 Å². The number of morpholine rings is 1. The van der Waals surface area contributed by atoms with Crippen molar-refractivity contribution in [2.24, 2.45) is 0 Å². The molecule has 1 aliphatic heterocycles. The number of rotatable bonds is 2. The number of hydrogen-bond donors (Lipinski definition) is 0. The van der Waals surface area contributed by atoms with Gasteiger partial charge in [-0.15, -0.1) is 0 Å². The van der Waals surface area contributed by atoms with Gasteiger partial charge in [0.2, 0.25) is 0 Å². The van der Waals surface area contributed by atoms with E-state index in [0.29, 0.717) is 25.3 Å². The van der Waals surface area contributed by atoms with Crippen LogP contribution in [0.2, 0.25) is 0 Å². The Kier molecular flexibility index (Phi) is 3.80. The van der Waals surface area contributed by atoms with E-state index in [0.717, 1.165) is 5.69 Å². The number of ether oxygens (including phenoxy) is 2. The van der Waals surface area contributed by atoms with Gasteiger partial charge in [-0.1, -0.05) is 12.1 Å². The fourth-order valence-electron chi connectivity index (χ4n) is 2.01. The predicted molar refractivity (Wildman–Crippen MR) is 65.3 cm³/mol. The van der Waals surface area contributed by atoms with Gasteiger partial charge in [0.1, 0.15) is 6.04 Å². The van der Waals surface area contributed by atoms with Crippen LogP contribution in [0.1, 0.15) is 10.4 Å². The Morgan fingerprint density at radius 3 is 3.06 bits per heavy atom. The van der Waals surface area contributed by atoms with Gasteiger partial charge in [-0.25, -0.2) is 4.79 Å². The van der Waals surface area contributed by atoms with Gasteiger partial charge in [0.05, 0.1) is 37.6 Å². The lowest BCUT2D eigenvalue weighted by Gasteiger charge is -2.34. The number of carbonyl (C=O) groups excluding carboxylic acids is 1. The molecule has 0 N–H and O–H groups in total. The standard InChI is InChI=1S/C13H14N2O3/c1-17-13(16)11-4-2-3-5-12(11)15-6-7-18-9-10(15)8-14/h2-5,10H,6-7,9H2,1H3. The second-order valence-electron chi connectivity index (χ2n) is 3.92. The highest BCUT2D eigenvalue weighted by Crippen LogP contribution is 2.24. The third-order valence-corrected chi connectivity index (χ3v) is 2.90. The summed E-state index contributed by atoms with van der Waals surface area (Å²) in [6.45, 7) is 1.49. The number of methoxy groups -OCH3 is 1. The maximum Gasteiger partial charge on any atom is 0.339 e. The maximum atomic E-state index is 11.7. The summed E-state index contributed by atoms with van der Waals surface area (Å²) in [4.78, 5) is 13.6. The number of benzene rings is 1. The highest BCUT2D eigenvalue weighted by molar-refractivity contribution is 5.96. The minimum Gasteiger partial charge on any atom is -0.465 e. The third kappa shape index (κ3) is 2.29. The Morgan fingerprint density at radius 2 is 2.33 bits per heavy atom. The Balaban J connectivity index is 2.37. The van der Waals surface area contributed by atoms with Crippen LogP contribution in [0.15, 0.2) is 24.3 Å². The zero-order chi connectivity index (χ0) is 13.0. The Morgan fingerprint density at radius 1 is 1.56 bits per heavy atom. The van der Waals surface area contributed by atoms with Crippen molar-refractivity contribution in [2.75, 3.05) is 31.8 Å². The average molecular weight is 246 g/mol. The minimum atomic E-state index is -0.395. The van der Waals surface area contributed by atoms with Crippen LogP contribution in [0.25, 0.3) is 0 Å². The quantitative estimate of drug-likeness (QED) is 0.734. The van der Waals surface area contributed by atoms with E-state index in [1.165, 1.54) is 7.11 Å². The van der Waals surface area contributed by atoms with Crippen LogP contribution in [-0.2, 0) is 9.47 Å². The lowest BCUT2D eigenvalue weighted by molar-refractivity contribution is 0.0600. The number of nitrogens with zero attached hydrogens (tertiary/aromatic N) is 2. The van der Waals surface area contributed by atoms with Gasteiger partial charge in [0.15, 0.2) is 0 Å². The Hall–Kier alpha value is -2.06. The van der Waals surface area contributed by atoms with Crippen molar-refractivity contribution in [1.29, 1.82) is 5.26 Å². The van der Waals surface area contributed by atoms with Crippen LogP contribution in [-0.4, -0.2) is 38.9 Å². The number of esters is 1. The average Bonchev–Trinajstić information content (AvgIpc) is 2.46. The minimum absolute atomic E-state index is 0.353. The zero-order valence-corrected chi connectivity index (χ0v) is 10.1. The molecule has 0 spiro atoms. The molecule has 0 radical (unpaired) electrons. The zero-order valence-electron chi connectivity index (χ0n) is 10.1. The van der Waals surface area contributed by atoms with Gasteiger partial charge in [0.25, 0.3) is 0 Å².